The summed E-state index contributed by atoms with van der Waals surface area (Å²) in [7, 11) is 0. The van der Waals surface area contributed by atoms with E-state index < -0.39 is 12.6 Å². The van der Waals surface area contributed by atoms with Crippen LogP contribution in [0.1, 0.15) is 23.2 Å². The fourth-order valence-electron chi connectivity index (χ4n) is 2.18. The Morgan fingerprint density at radius 2 is 1.56 bits per heavy atom. The summed E-state index contributed by atoms with van der Waals surface area (Å²) in [5.41, 5.74) is 1.13. The van der Waals surface area contributed by atoms with Crippen LogP contribution >= 0.6 is 0 Å². The highest BCUT2D eigenvalue weighted by molar-refractivity contribution is 6.04. The molecule has 0 radical (unpaired) electrons. The maximum Gasteiger partial charge on any atom is 0.341 e. The van der Waals surface area contributed by atoms with Gasteiger partial charge in [0, 0.05) is 11.3 Å². The van der Waals surface area contributed by atoms with Gasteiger partial charge in [0.1, 0.15) is 11.5 Å². The second kappa shape index (κ2) is 7.70. The first kappa shape index (κ1) is 16.8. The molecule has 1 saturated carbocycles. The van der Waals surface area contributed by atoms with E-state index in [0.29, 0.717) is 22.9 Å². The molecule has 130 valence electrons. The van der Waals surface area contributed by atoms with Crippen molar-refractivity contribution in [3.63, 3.8) is 0 Å². The van der Waals surface area contributed by atoms with Crippen LogP contribution in [0.2, 0.25) is 0 Å². The third kappa shape index (κ3) is 5.24. The lowest BCUT2D eigenvalue weighted by Gasteiger charge is -2.08. The fourth-order valence-corrected chi connectivity index (χ4v) is 2.18. The fraction of sp³-hybridized carbons (Fsp3) is 0.263. The van der Waals surface area contributed by atoms with Crippen LogP contribution in [0.5, 0.6) is 11.5 Å². The molecule has 1 aliphatic carbocycles. The van der Waals surface area contributed by atoms with E-state index in [4.69, 9.17) is 14.6 Å². The summed E-state index contributed by atoms with van der Waals surface area (Å²) in [6.45, 7) is 0.336. The Balaban J connectivity index is 1.53. The Hall–Kier alpha value is -3.02. The van der Waals surface area contributed by atoms with Gasteiger partial charge in [-0.3, -0.25) is 4.79 Å². The summed E-state index contributed by atoms with van der Waals surface area (Å²) in [6, 6.07) is 13.6. The van der Waals surface area contributed by atoms with Crippen molar-refractivity contribution >= 4 is 17.6 Å². The molecular formula is C19H19NO5. The summed E-state index contributed by atoms with van der Waals surface area (Å²) < 4.78 is 10.7. The number of benzene rings is 2. The monoisotopic (exact) mass is 341 g/mol. The number of anilines is 1. The van der Waals surface area contributed by atoms with E-state index in [1.807, 2.05) is 0 Å². The number of carbonyl (C=O) groups excluding carboxylic acids is 1. The number of carbonyl (C=O) groups is 2. The van der Waals surface area contributed by atoms with Gasteiger partial charge in [0.05, 0.1) is 6.61 Å². The number of ether oxygens (including phenoxy) is 2. The molecule has 0 unspecified atom stereocenters. The molecule has 0 heterocycles. The van der Waals surface area contributed by atoms with Crippen molar-refractivity contribution in [2.75, 3.05) is 18.5 Å². The van der Waals surface area contributed by atoms with Gasteiger partial charge in [-0.2, -0.15) is 0 Å². The molecule has 1 amide bonds. The number of amides is 1. The molecule has 3 rings (SSSR count). The zero-order chi connectivity index (χ0) is 17.6. The number of hydrogen-bond donors (Lipinski definition) is 2. The molecule has 0 atom stereocenters. The zero-order valence-electron chi connectivity index (χ0n) is 13.6. The minimum atomic E-state index is -1.04. The van der Waals surface area contributed by atoms with Gasteiger partial charge in [0.15, 0.2) is 6.61 Å². The molecular weight excluding hydrogens is 322 g/mol. The molecule has 0 saturated heterocycles. The summed E-state index contributed by atoms with van der Waals surface area (Å²) in [6.07, 6.45) is 2.47. The predicted octanol–water partition coefficient (Wildman–Crippen LogP) is 3.19. The molecule has 0 spiro atoms. The average Bonchev–Trinajstić information content (AvgIpc) is 3.44. The van der Waals surface area contributed by atoms with Crippen LogP contribution < -0.4 is 14.8 Å². The van der Waals surface area contributed by atoms with E-state index in [-0.39, 0.29) is 5.91 Å². The third-order valence-electron chi connectivity index (χ3n) is 3.77. The van der Waals surface area contributed by atoms with Crippen molar-refractivity contribution < 1.29 is 24.2 Å². The van der Waals surface area contributed by atoms with E-state index in [2.05, 4.69) is 5.32 Å². The number of rotatable bonds is 8. The average molecular weight is 341 g/mol. The number of nitrogens with one attached hydrogen (secondary N) is 1. The lowest BCUT2D eigenvalue weighted by Crippen LogP contribution is -2.12. The summed E-state index contributed by atoms with van der Waals surface area (Å²) in [4.78, 5) is 22.7. The SMILES string of the molecule is O=C(O)COc1ccc(NC(=O)c2ccc(OCC3CC3)cc2)cc1. The first-order valence-electron chi connectivity index (χ1n) is 8.09. The normalized spacial score (nSPS) is 13.1. The first-order chi connectivity index (χ1) is 12.1. The Morgan fingerprint density at radius 1 is 0.960 bits per heavy atom. The molecule has 1 aliphatic rings. The van der Waals surface area contributed by atoms with Gasteiger partial charge < -0.3 is 19.9 Å². The molecule has 25 heavy (non-hydrogen) atoms. The van der Waals surface area contributed by atoms with Crippen LogP contribution in [0.25, 0.3) is 0 Å². The number of carboxylic acid groups (broad SMARTS) is 1. The minimum absolute atomic E-state index is 0.229. The van der Waals surface area contributed by atoms with E-state index in [0.717, 1.165) is 12.4 Å². The zero-order valence-corrected chi connectivity index (χ0v) is 13.6. The molecule has 2 aromatic carbocycles. The molecule has 1 fully saturated rings. The second-order valence-corrected chi connectivity index (χ2v) is 5.94. The van der Waals surface area contributed by atoms with Gasteiger partial charge in [0.2, 0.25) is 0 Å². The van der Waals surface area contributed by atoms with Crippen LogP contribution in [0.15, 0.2) is 48.5 Å². The lowest BCUT2D eigenvalue weighted by atomic mass is 10.2. The predicted molar refractivity (Wildman–Crippen MR) is 92.2 cm³/mol. The molecule has 2 aromatic rings. The molecule has 2 N–H and O–H groups in total. The van der Waals surface area contributed by atoms with Gasteiger partial charge in [-0.1, -0.05) is 0 Å². The van der Waals surface area contributed by atoms with Crippen LogP contribution in [-0.4, -0.2) is 30.2 Å². The summed E-state index contributed by atoms with van der Waals surface area (Å²) in [5.74, 6) is 0.612. The smallest absolute Gasteiger partial charge is 0.341 e. The minimum Gasteiger partial charge on any atom is -0.493 e. The van der Waals surface area contributed by atoms with Crippen molar-refractivity contribution in [3.8, 4) is 11.5 Å². The number of hydrogen-bond acceptors (Lipinski definition) is 4. The van der Waals surface area contributed by atoms with Crippen molar-refractivity contribution in [1.29, 1.82) is 0 Å². The molecule has 0 aliphatic heterocycles. The highest BCUT2D eigenvalue weighted by Crippen LogP contribution is 2.29. The van der Waals surface area contributed by atoms with E-state index in [9.17, 15) is 9.59 Å². The van der Waals surface area contributed by atoms with Gasteiger partial charge in [-0.25, -0.2) is 4.79 Å². The maximum absolute atomic E-state index is 12.2. The van der Waals surface area contributed by atoms with E-state index >= 15 is 0 Å². The topological polar surface area (TPSA) is 84.9 Å². The Kier molecular flexibility index (Phi) is 5.18. The third-order valence-corrected chi connectivity index (χ3v) is 3.77. The quantitative estimate of drug-likeness (QED) is 0.770. The van der Waals surface area contributed by atoms with Gasteiger partial charge >= 0.3 is 5.97 Å². The summed E-state index contributed by atoms with van der Waals surface area (Å²) in [5, 5.41) is 11.3. The molecule has 0 bridgehead atoms. The van der Waals surface area contributed by atoms with Crippen molar-refractivity contribution in [3.05, 3.63) is 54.1 Å². The van der Waals surface area contributed by atoms with Crippen LogP contribution in [-0.2, 0) is 4.79 Å². The first-order valence-corrected chi connectivity index (χ1v) is 8.09. The standard InChI is InChI=1S/C19H19NO5/c21-18(22)12-25-17-9-5-15(6-10-17)20-19(23)14-3-7-16(8-4-14)24-11-13-1-2-13/h3-10,13H,1-2,11-12H2,(H,20,23)(H,21,22). The Labute approximate surface area is 145 Å². The Bertz CT molecular complexity index is 735. The number of aliphatic carboxylic acids is 1. The van der Waals surface area contributed by atoms with Gasteiger partial charge in [-0.05, 0) is 67.3 Å². The maximum atomic E-state index is 12.2. The molecule has 0 aromatic heterocycles. The Morgan fingerprint density at radius 3 is 2.16 bits per heavy atom. The lowest BCUT2D eigenvalue weighted by molar-refractivity contribution is -0.139. The highest BCUT2D eigenvalue weighted by Gasteiger charge is 2.21. The molecule has 6 nitrogen and oxygen atoms in total. The van der Waals surface area contributed by atoms with E-state index in [1.54, 1.807) is 48.5 Å². The van der Waals surface area contributed by atoms with Gasteiger partial charge in [-0.15, -0.1) is 0 Å². The highest BCUT2D eigenvalue weighted by atomic mass is 16.5. The van der Waals surface area contributed by atoms with Crippen molar-refractivity contribution in [1.82, 2.24) is 0 Å². The van der Waals surface area contributed by atoms with Gasteiger partial charge in [0.25, 0.3) is 5.91 Å². The molecule has 6 heteroatoms. The van der Waals surface area contributed by atoms with Crippen LogP contribution in [0.3, 0.4) is 0 Å². The van der Waals surface area contributed by atoms with E-state index in [1.165, 1.54) is 12.8 Å². The summed E-state index contributed by atoms with van der Waals surface area (Å²) >= 11 is 0. The number of carboxylic acids is 1. The van der Waals surface area contributed by atoms with Crippen molar-refractivity contribution in [2.24, 2.45) is 5.92 Å². The largest absolute Gasteiger partial charge is 0.493 e. The van der Waals surface area contributed by atoms with Crippen LogP contribution in [0, 0.1) is 5.92 Å². The second-order valence-electron chi connectivity index (χ2n) is 5.94. The van der Waals surface area contributed by atoms with Crippen molar-refractivity contribution in [2.45, 2.75) is 12.8 Å². The van der Waals surface area contributed by atoms with Crippen LogP contribution in [0.4, 0.5) is 5.69 Å².